The Morgan fingerprint density at radius 2 is 1.79 bits per heavy atom. The predicted octanol–water partition coefficient (Wildman–Crippen LogP) is 3.02. The van der Waals surface area contributed by atoms with Crippen molar-refractivity contribution in [2.45, 2.75) is 32.2 Å². The molecule has 0 unspecified atom stereocenters. The molecule has 1 N–H and O–H groups in total. The Bertz CT molecular complexity index is 1010. The van der Waals surface area contributed by atoms with E-state index in [0.29, 0.717) is 25.3 Å². The van der Waals surface area contributed by atoms with Gasteiger partial charge in [-0.25, -0.2) is 0 Å². The average Bonchev–Trinajstić information content (AvgIpc) is 3.06. The maximum atomic E-state index is 13.2. The Labute approximate surface area is 204 Å². The van der Waals surface area contributed by atoms with Gasteiger partial charge in [0.05, 0.1) is 20.1 Å². The third-order valence-corrected chi connectivity index (χ3v) is 5.84. The lowest BCUT2D eigenvalue weighted by atomic mass is 10.1. The fourth-order valence-electron chi connectivity index (χ4n) is 3.61. The molecule has 1 atom stereocenters. The van der Waals surface area contributed by atoms with Crippen molar-refractivity contribution in [3.63, 3.8) is 0 Å². The number of anilines is 1. The molecule has 1 heterocycles. The van der Waals surface area contributed by atoms with Crippen LogP contribution in [0.25, 0.3) is 0 Å². The van der Waals surface area contributed by atoms with Crippen molar-refractivity contribution < 1.29 is 23.9 Å². The van der Waals surface area contributed by atoms with Gasteiger partial charge in [0.1, 0.15) is 18.3 Å². The van der Waals surface area contributed by atoms with Gasteiger partial charge in [-0.3, -0.25) is 19.3 Å². The van der Waals surface area contributed by atoms with Crippen LogP contribution in [-0.2, 0) is 25.5 Å². The molecule has 3 rings (SSSR count). The second-order valence-corrected chi connectivity index (χ2v) is 8.22. The largest absolute Gasteiger partial charge is 0.494 e. The summed E-state index contributed by atoms with van der Waals surface area (Å²) >= 11 is 5.51. The molecule has 9 heteroatoms. The van der Waals surface area contributed by atoms with E-state index in [1.54, 1.807) is 24.3 Å². The number of ether oxygens (including phenoxy) is 2. The number of nitrogens with zero attached hydrogens (tertiary/aromatic N) is 2. The Balaban J connectivity index is 1.67. The number of benzene rings is 2. The van der Waals surface area contributed by atoms with Gasteiger partial charge in [-0.15, -0.1) is 0 Å². The number of nitrogens with one attached hydrogen (secondary N) is 1. The monoisotopic (exact) mass is 483 g/mol. The van der Waals surface area contributed by atoms with Gasteiger partial charge in [-0.05, 0) is 54.9 Å². The number of rotatable bonds is 11. The van der Waals surface area contributed by atoms with Crippen LogP contribution in [0, 0.1) is 0 Å². The first-order chi connectivity index (χ1) is 16.4. The standard InChI is InChI=1S/C25H29N3O5S/c1-3-15-33-20-11-9-19(10-12-20)26-22(29)16-21-24(31)27(14-13-18-7-5-4-6-8-18)25(34)28(21)17-23(30)32-2/h4-12,21H,3,13-17H2,1-2H3,(H,26,29)/t21-/m1/s1. The van der Waals surface area contributed by atoms with E-state index in [4.69, 9.17) is 21.7 Å². The van der Waals surface area contributed by atoms with Gasteiger partial charge in [-0.1, -0.05) is 37.3 Å². The number of esters is 1. The van der Waals surface area contributed by atoms with Crippen LogP contribution in [0.4, 0.5) is 5.69 Å². The lowest BCUT2D eigenvalue weighted by molar-refractivity contribution is -0.141. The van der Waals surface area contributed by atoms with Crippen molar-refractivity contribution in [1.29, 1.82) is 0 Å². The smallest absolute Gasteiger partial charge is 0.325 e. The first-order valence-corrected chi connectivity index (χ1v) is 11.6. The minimum absolute atomic E-state index is 0.147. The number of carbonyl (C=O) groups excluding carboxylic acids is 3. The van der Waals surface area contributed by atoms with E-state index < -0.39 is 12.0 Å². The summed E-state index contributed by atoms with van der Waals surface area (Å²) in [4.78, 5) is 40.9. The van der Waals surface area contributed by atoms with Gasteiger partial charge in [0, 0.05) is 12.2 Å². The fraction of sp³-hybridized carbons (Fsp3) is 0.360. The summed E-state index contributed by atoms with van der Waals surface area (Å²) in [6.07, 6.45) is 1.36. The molecule has 180 valence electrons. The van der Waals surface area contributed by atoms with Crippen LogP contribution in [0.2, 0.25) is 0 Å². The molecule has 0 aromatic heterocycles. The highest BCUT2D eigenvalue weighted by atomic mass is 32.1. The molecule has 0 spiro atoms. The minimum Gasteiger partial charge on any atom is -0.494 e. The molecule has 2 aromatic rings. The zero-order valence-corrected chi connectivity index (χ0v) is 20.2. The molecule has 0 radical (unpaired) electrons. The van der Waals surface area contributed by atoms with Gasteiger partial charge in [0.25, 0.3) is 5.91 Å². The lowest BCUT2D eigenvalue weighted by Crippen LogP contribution is -2.41. The Morgan fingerprint density at radius 1 is 1.09 bits per heavy atom. The van der Waals surface area contributed by atoms with Crippen LogP contribution in [0.3, 0.4) is 0 Å². The zero-order chi connectivity index (χ0) is 24.5. The van der Waals surface area contributed by atoms with Crippen LogP contribution in [0.1, 0.15) is 25.3 Å². The van der Waals surface area contributed by atoms with E-state index in [1.165, 1.54) is 16.9 Å². The molecular formula is C25H29N3O5S. The summed E-state index contributed by atoms with van der Waals surface area (Å²) in [5, 5.41) is 3.02. The Hall–Kier alpha value is -3.46. The second-order valence-electron chi connectivity index (χ2n) is 7.85. The molecule has 1 aliphatic rings. The van der Waals surface area contributed by atoms with Crippen LogP contribution < -0.4 is 10.1 Å². The third-order valence-electron chi connectivity index (χ3n) is 5.39. The van der Waals surface area contributed by atoms with Crippen LogP contribution in [-0.4, -0.2) is 65.5 Å². The summed E-state index contributed by atoms with van der Waals surface area (Å²) in [7, 11) is 1.27. The average molecular weight is 484 g/mol. The van der Waals surface area contributed by atoms with Crippen molar-refractivity contribution >= 4 is 40.8 Å². The number of hydrogen-bond donors (Lipinski definition) is 1. The normalized spacial score (nSPS) is 15.4. The van der Waals surface area contributed by atoms with Crippen molar-refractivity contribution in [2.24, 2.45) is 0 Å². The van der Waals surface area contributed by atoms with Gasteiger partial charge >= 0.3 is 5.97 Å². The number of methoxy groups -OCH3 is 1. The quantitative estimate of drug-likeness (QED) is 0.388. The Kier molecular flexibility index (Phi) is 8.98. The predicted molar refractivity (Wildman–Crippen MR) is 132 cm³/mol. The summed E-state index contributed by atoms with van der Waals surface area (Å²) in [6.45, 7) is 2.80. The van der Waals surface area contributed by atoms with Crippen molar-refractivity contribution in [1.82, 2.24) is 9.80 Å². The molecule has 1 aliphatic heterocycles. The van der Waals surface area contributed by atoms with Gasteiger partial charge in [0.2, 0.25) is 5.91 Å². The molecule has 0 saturated carbocycles. The molecule has 2 aromatic carbocycles. The molecule has 0 aliphatic carbocycles. The summed E-state index contributed by atoms with van der Waals surface area (Å²) in [5.74, 6) is -0.478. The molecular weight excluding hydrogens is 454 g/mol. The first kappa shape index (κ1) is 25.2. The van der Waals surface area contributed by atoms with E-state index in [2.05, 4.69) is 5.32 Å². The maximum absolute atomic E-state index is 13.2. The topological polar surface area (TPSA) is 88.2 Å². The van der Waals surface area contributed by atoms with Crippen molar-refractivity contribution in [3.05, 3.63) is 60.2 Å². The fourth-order valence-corrected chi connectivity index (χ4v) is 3.98. The first-order valence-electron chi connectivity index (χ1n) is 11.2. The van der Waals surface area contributed by atoms with Gasteiger partial charge < -0.3 is 19.7 Å². The van der Waals surface area contributed by atoms with E-state index in [0.717, 1.165) is 17.7 Å². The molecule has 34 heavy (non-hydrogen) atoms. The Morgan fingerprint density at radius 3 is 2.44 bits per heavy atom. The summed E-state index contributed by atoms with van der Waals surface area (Å²) in [6, 6.07) is 15.9. The highest BCUT2D eigenvalue weighted by Crippen LogP contribution is 2.23. The third kappa shape index (κ3) is 6.54. The van der Waals surface area contributed by atoms with E-state index in [9.17, 15) is 14.4 Å². The van der Waals surface area contributed by atoms with Crippen LogP contribution in [0.15, 0.2) is 54.6 Å². The molecule has 0 bridgehead atoms. The maximum Gasteiger partial charge on any atom is 0.325 e. The summed E-state index contributed by atoms with van der Waals surface area (Å²) in [5.41, 5.74) is 1.65. The second kappa shape index (κ2) is 12.1. The minimum atomic E-state index is -0.880. The molecule has 1 fully saturated rings. The number of hydrogen-bond acceptors (Lipinski definition) is 6. The van der Waals surface area contributed by atoms with Gasteiger partial charge in [0.15, 0.2) is 5.11 Å². The SMILES string of the molecule is CCCOc1ccc(NC(=O)C[C@@H]2C(=O)N(CCc3ccccc3)C(=S)N2CC(=O)OC)cc1. The van der Waals surface area contributed by atoms with Crippen molar-refractivity contribution in [2.75, 3.05) is 32.1 Å². The van der Waals surface area contributed by atoms with Gasteiger partial charge in [-0.2, -0.15) is 0 Å². The number of amides is 2. The van der Waals surface area contributed by atoms with E-state index in [-0.39, 0.29) is 29.9 Å². The van der Waals surface area contributed by atoms with E-state index in [1.807, 2.05) is 37.3 Å². The highest BCUT2D eigenvalue weighted by molar-refractivity contribution is 7.80. The number of carbonyl (C=O) groups is 3. The highest BCUT2D eigenvalue weighted by Gasteiger charge is 2.44. The lowest BCUT2D eigenvalue weighted by Gasteiger charge is -2.22. The zero-order valence-electron chi connectivity index (χ0n) is 19.4. The molecule has 1 saturated heterocycles. The van der Waals surface area contributed by atoms with Crippen LogP contribution in [0.5, 0.6) is 5.75 Å². The van der Waals surface area contributed by atoms with E-state index >= 15 is 0 Å². The van der Waals surface area contributed by atoms with Crippen molar-refractivity contribution in [3.8, 4) is 5.75 Å². The summed E-state index contributed by atoms with van der Waals surface area (Å²) < 4.78 is 10.3. The van der Waals surface area contributed by atoms with Crippen LogP contribution >= 0.6 is 12.2 Å². The molecule has 2 amide bonds. The number of thiocarbonyl (C=S) groups is 1. The molecule has 8 nitrogen and oxygen atoms in total.